The van der Waals surface area contributed by atoms with E-state index >= 15 is 0 Å². The Bertz CT molecular complexity index is 716. The molecule has 1 aliphatic rings. The lowest BCUT2D eigenvalue weighted by Crippen LogP contribution is -2.39. The SMILES string of the molecule is CN(Cc1ccccc1)Cc1cc(C(=O)N(C)C[C@H]2CCCN2C)no1. The molecule has 1 aromatic carbocycles. The maximum Gasteiger partial charge on any atom is 0.275 e. The van der Waals surface area contributed by atoms with Gasteiger partial charge >= 0.3 is 0 Å². The number of amides is 1. The predicted octanol–water partition coefficient (Wildman–Crippen LogP) is 2.47. The molecule has 1 atom stereocenters. The molecule has 140 valence electrons. The number of hydrogen-bond acceptors (Lipinski definition) is 5. The number of aromatic nitrogens is 1. The Morgan fingerprint density at radius 1 is 1.27 bits per heavy atom. The number of carbonyl (C=O) groups is 1. The predicted molar refractivity (Wildman–Crippen MR) is 101 cm³/mol. The standard InChI is InChI=1S/C20H28N4O2/c1-22(13-16-8-5-4-6-9-16)15-18-12-19(21-26-18)20(25)24(3)14-17-10-7-11-23(17)2/h4-6,8-9,12,17H,7,10-11,13-15H2,1-3H3/t17-/m1/s1. The zero-order valence-corrected chi connectivity index (χ0v) is 15.9. The number of likely N-dealkylation sites (tertiary alicyclic amines) is 1. The van der Waals surface area contributed by atoms with Crippen molar-refractivity contribution < 1.29 is 9.32 Å². The average molecular weight is 356 g/mol. The summed E-state index contributed by atoms with van der Waals surface area (Å²) >= 11 is 0. The van der Waals surface area contributed by atoms with Crippen molar-refractivity contribution in [2.24, 2.45) is 0 Å². The average Bonchev–Trinajstić information content (AvgIpc) is 3.24. The monoisotopic (exact) mass is 356 g/mol. The van der Waals surface area contributed by atoms with Gasteiger partial charge in [-0.25, -0.2) is 0 Å². The first-order chi connectivity index (χ1) is 12.5. The minimum Gasteiger partial charge on any atom is -0.359 e. The summed E-state index contributed by atoms with van der Waals surface area (Å²) in [6, 6.07) is 12.5. The molecule has 3 rings (SSSR count). The van der Waals surface area contributed by atoms with Crippen LogP contribution in [-0.4, -0.2) is 66.0 Å². The highest BCUT2D eigenvalue weighted by molar-refractivity contribution is 5.92. The fourth-order valence-corrected chi connectivity index (χ4v) is 3.51. The maximum atomic E-state index is 12.6. The van der Waals surface area contributed by atoms with Crippen LogP contribution in [0.3, 0.4) is 0 Å². The lowest BCUT2D eigenvalue weighted by molar-refractivity contribution is 0.0751. The van der Waals surface area contributed by atoms with Crippen molar-refractivity contribution >= 4 is 5.91 Å². The van der Waals surface area contributed by atoms with Crippen LogP contribution in [0.5, 0.6) is 0 Å². The molecule has 1 fully saturated rings. The third-order valence-corrected chi connectivity index (χ3v) is 5.00. The molecular weight excluding hydrogens is 328 g/mol. The van der Waals surface area contributed by atoms with Crippen LogP contribution in [0.4, 0.5) is 0 Å². The second-order valence-corrected chi connectivity index (χ2v) is 7.30. The third kappa shape index (κ3) is 4.71. The topological polar surface area (TPSA) is 52.8 Å². The normalized spacial score (nSPS) is 17.8. The molecule has 1 aromatic heterocycles. The fraction of sp³-hybridized carbons (Fsp3) is 0.500. The first kappa shape index (κ1) is 18.6. The summed E-state index contributed by atoms with van der Waals surface area (Å²) in [6.45, 7) is 3.27. The summed E-state index contributed by atoms with van der Waals surface area (Å²) in [5.74, 6) is 0.629. The molecule has 0 aliphatic carbocycles. The lowest BCUT2D eigenvalue weighted by Gasteiger charge is -2.25. The first-order valence-electron chi connectivity index (χ1n) is 9.16. The molecule has 0 saturated carbocycles. The van der Waals surface area contributed by atoms with Gasteiger partial charge in [-0.3, -0.25) is 9.69 Å². The zero-order valence-electron chi connectivity index (χ0n) is 15.9. The Morgan fingerprint density at radius 2 is 2.04 bits per heavy atom. The van der Waals surface area contributed by atoms with E-state index in [1.54, 1.807) is 11.0 Å². The first-order valence-corrected chi connectivity index (χ1v) is 9.16. The van der Waals surface area contributed by atoms with E-state index in [9.17, 15) is 4.79 Å². The van der Waals surface area contributed by atoms with Gasteiger partial charge in [-0.05, 0) is 39.0 Å². The number of likely N-dealkylation sites (N-methyl/N-ethyl adjacent to an activating group) is 2. The van der Waals surface area contributed by atoms with Gasteiger partial charge in [-0.15, -0.1) is 0 Å². The Labute approximate surface area is 155 Å². The van der Waals surface area contributed by atoms with Gasteiger partial charge in [0.2, 0.25) is 0 Å². The molecule has 26 heavy (non-hydrogen) atoms. The molecule has 1 amide bonds. The van der Waals surface area contributed by atoms with Gasteiger partial charge in [-0.1, -0.05) is 35.5 Å². The van der Waals surface area contributed by atoms with Crippen molar-refractivity contribution in [3.05, 3.63) is 53.4 Å². The van der Waals surface area contributed by atoms with Crippen LogP contribution in [-0.2, 0) is 13.1 Å². The van der Waals surface area contributed by atoms with Crippen LogP contribution < -0.4 is 0 Å². The number of nitrogens with zero attached hydrogens (tertiary/aromatic N) is 4. The highest BCUT2D eigenvalue weighted by Gasteiger charge is 2.25. The summed E-state index contributed by atoms with van der Waals surface area (Å²) in [5, 5.41) is 3.98. The lowest BCUT2D eigenvalue weighted by atomic mass is 10.2. The molecule has 1 saturated heterocycles. The summed E-state index contributed by atoms with van der Waals surface area (Å²) < 4.78 is 5.39. The van der Waals surface area contributed by atoms with Gasteiger partial charge in [0, 0.05) is 32.2 Å². The van der Waals surface area contributed by atoms with Crippen molar-refractivity contribution in [2.75, 3.05) is 34.2 Å². The van der Waals surface area contributed by atoms with Crippen LogP contribution >= 0.6 is 0 Å². The molecule has 1 aliphatic heterocycles. The van der Waals surface area contributed by atoms with Crippen LogP contribution in [0.15, 0.2) is 40.9 Å². The third-order valence-electron chi connectivity index (χ3n) is 5.00. The minimum absolute atomic E-state index is 0.0778. The number of benzene rings is 1. The van der Waals surface area contributed by atoms with E-state index in [1.165, 1.54) is 12.0 Å². The molecule has 2 aromatic rings. The maximum absolute atomic E-state index is 12.6. The van der Waals surface area contributed by atoms with Crippen LogP contribution in [0.2, 0.25) is 0 Å². The van der Waals surface area contributed by atoms with Gasteiger partial charge in [0.15, 0.2) is 11.5 Å². The number of hydrogen-bond donors (Lipinski definition) is 0. The Hall–Kier alpha value is -2.18. The van der Waals surface area contributed by atoms with Crippen molar-refractivity contribution in [3.63, 3.8) is 0 Å². The molecule has 0 unspecified atom stereocenters. The van der Waals surface area contributed by atoms with Crippen molar-refractivity contribution in [2.45, 2.75) is 32.0 Å². The van der Waals surface area contributed by atoms with E-state index in [2.05, 4.69) is 34.1 Å². The highest BCUT2D eigenvalue weighted by atomic mass is 16.5. The van der Waals surface area contributed by atoms with Gasteiger partial charge in [0.1, 0.15) is 0 Å². The smallest absolute Gasteiger partial charge is 0.275 e. The summed E-state index contributed by atoms with van der Waals surface area (Å²) in [5.41, 5.74) is 1.63. The second kappa shape index (κ2) is 8.47. The highest BCUT2D eigenvalue weighted by Crippen LogP contribution is 2.17. The zero-order chi connectivity index (χ0) is 18.5. The van der Waals surface area contributed by atoms with Crippen LogP contribution in [0, 0.1) is 0 Å². The summed E-state index contributed by atoms with van der Waals surface area (Å²) in [4.78, 5) is 18.8. The van der Waals surface area contributed by atoms with Crippen molar-refractivity contribution in [3.8, 4) is 0 Å². The molecule has 0 N–H and O–H groups in total. The number of carbonyl (C=O) groups excluding carboxylic acids is 1. The minimum atomic E-state index is -0.0778. The molecule has 0 bridgehead atoms. The van der Waals surface area contributed by atoms with E-state index in [-0.39, 0.29) is 5.91 Å². The summed E-state index contributed by atoms with van der Waals surface area (Å²) in [6.07, 6.45) is 2.34. The Morgan fingerprint density at radius 3 is 2.73 bits per heavy atom. The Kier molecular flexibility index (Phi) is 6.06. The second-order valence-electron chi connectivity index (χ2n) is 7.30. The Balaban J connectivity index is 1.54. The van der Waals surface area contributed by atoms with Crippen molar-refractivity contribution in [1.82, 2.24) is 19.9 Å². The van der Waals surface area contributed by atoms with Gasteiger partial charge in [0.25, 0.3) is 5.91 Å². The number of rotatable bonds is 7. The van der Waals surface area contributed by atoms with E-state index in [4.69, 9.17) is 4.52 Å². The molecular formula is C20H28N4O2. The van der Waals surface area contributed by atoms with Crippen molar-refractivity contribution in [1.29, 1.82) is 0 Å². The molecule has 0 radical (unpaired) electrons. The van der Waals surface area contributed by atoms with Gasteiger partial charge < -0.3 is 14.3 Å². The molecule has 2 heterocycles. The van der Waals surface area contributed by atoms with E-state index in [1.807, 2.05) is 32.3 Å². The molecule has 0 spiro atoms. The van der Waals surface area contributed by atoms with Gasteiger partial charge in [0.05, 0.1) is 6.54 Å². The van der Waals surface area contributed by atoms with E-state index < -0.39 is 0 Å². The van der Waals surface area contributed by atoms with E-state index in [0.29, 0.717) is 24.0 Å². The molecule has 6 nitrogen and oxygen atoms in total. The van der Waals surface area contributed by atoms with Gasteiger partial charge in [-0.2, -0.15) is 0 Å². The summed E-state index contributed by atoms with van der Waals surface area (Å²) in [7, 11) is 5.98. The fourth-order valence-electron chi connectivity index (χ4n) is 3.51. The van der Waals surface area contributed by atoms with E-state index in [0.717, 1.165) is 26.1 Å². The molecule has 6 heteroatoms. The van der Waals surface area contributed by atoms with Crippen LogP contribution in [0.1, 0.15) is 34.7 Å². The van der Waals surface area contributed by atoms with Crippen LogP contribution in [0.25, 0.3) is 0 Å². The quantitative estimate of drug-likeness (QED) is 0.763. The largest absolute Gasteiger partial charge is 0.359 e.